The van der Waals surface area contributed by atoms with Crippen molar-refractivity contribution in [1.29, 1.82) is 0 Å². The molecular weight excluding hydrogens is 316 g/mol. The van der Waals surface area contributed by atoms with E-state index in [2.05, 4.69) is 15.5 Å². The van der Waals surface area contributed by atoms with E-state index in [0.29, 0.717) is 39.3 Å². The summed E-state index contributed by atoms with van der Waals surface area (Å²) in [6.07, 6.45) is -1.63. The number of ether oxygens (including phenoxy) is 2. The van der Waals surface area contributed by atoms with Gasteiger partial charge in [-0.25, -0.2) is 4.79 Å². The molecule has 24 heavy (non-hydrogen) atoms. The first-order chi connectivity index (χ1) is 11.5. The molecule has 3 rings (SSSR count). The van der Waals surface area contributed by atoms with Gasteiger partial charge >= 0.3 is 6.03 Å². The maximum absolute atomic E-state index is 11.8. The van der Waals surface area contributed by atoms with Crippen LogP contribution in [0.15, 0.2) is 0 Å². The third-order valence-corrected chi connectivity index (χ3v) is 4.95. The number of nitrogens with zero attached hydrogens (tertiary/aromatic N) is 2. The third-order valence-electron chi connectivity index (χ3n) is 4.95. The lowest BCUT2D eigenvalue weighted by Gasteiger charge is -2.46. The van der Waals surface area contributed by atoms with Crippen LogP contribution >= 0.6 is 0 Å². The number of fused-ring (bicyclic) bond motifs is 2. The summed E-state index contributed by atoms with van der Waals surface area (Å²) in [4.78, 5) is 27.2. The van der Waals surface area contributed by atoms with E-state index >= 15 is 0 Å². The van der Waals surface area contributed by atoms with Crippen LogP contribution in [0.25, 0.3) is 0 Å². The van der Waals surface area contributed by atoms with Crippen molar-refractivity contribution in [2.24, 2.45) is 0 Å². The molecule has 0 radical (unpaired) electrons. The van der Waals surface area contributed by atoms with Gasteiger partial charge in [-0.2, -0.15) is 0 Å². The molecular formula is C15H26N4O5. The first kappa shape index (κ1) is 17.4. The Kier molecular flexibility index (Phi) is 5.24. The van der Waals surface area contributed by atoms with Crippen LogP contribution in [-0.4, -0.2) is 96.8 Å². The van der Waals surface area contributed by atoms with E-state index < -0.39 is 18.4 Å². The molecule has 3 aliphatic heterocycles. The number of carbonyl (C=O) groups excluding carboxylic acids is 2. The molecule has 0 aromatic rings. The highest BCUT2D eigenvalue weighted by Crippen LogP contribution is 2.31. The zero-order valence-electron chi connectivity index (χ0n) is 14.1. The highest BCUT2D eigenvalue weighted by molar-refractivity contribution is 5.74. The minimum atomic E-state index is -0.789. The summed E-state index contributed by atoms with van der Waals surface area (Å²) in [6, 6.07) is -1.20. The number of aliphatic hydroxyl groups excluding tert-OH is 1. The SMILES string of the molecule is CCNC(=O)NC1C2COC(O2)C(N2CCN(C(C)=O)CC2)C1O. The Bertz CT molecular complexity index is 482. The van der Waals surface area contributed by atoms with Crippen LogP contribution in [-0.2, 0) is 14.3 Å². The Morgan fingerprint density at radius 3 is 2.58 bits per heavy atom. The predicted molar refractivity (Wildman–Crippen MR) is 84.2 cm³/mol. The van der Waals surface area contributed by atoms with E-state index in [1.807, 2.05) is 6.92 Å². The van der Waals surface area contributed by atoms with Crippen LogP contribution in [0.1, 0.15) is 13.8 Å². The highest BCUT2D eigenvalue weighted by Gasteiger charge is 2.52. The van der Waals surface area contributed by atoms with Crippen LogP contribution < -0.4 is 10.6 Å². The smallest absolute Gasteiger partial charge is 0.315 e. The molecule has 0 spiro atoms. The van der Waals surface area contributed by atoms with Crippen molar-refractivity contribution >= 4 is 11.9 Å². The monoisotopic (exact) mass is 342 g/mol. The third kappa shape index (κ3) is 3.34. The molecule has 0 aromatic carbocycles. The molecule has 0 aromatic heterocycles. The van der Waals surface area contributed by atoms with Crippen molar-refractivity contribution in [3.8, 4) is 0 Å². The molecule has 5 unspecified atom stereocenters. The second-order valence-electron chi connectivity index (χ2n) is 6.43. The standard InChI is InChI=1S/C15H26N4O5/c1-3-16-15(22)17-11-10-8-23-14(24-10)12(13(11)21)19-6-4-18(5-7-19)9(2)20/h10-14,21H,3-8H2,1-2H3,(H2,16,17,22). The van der Waals surface area contributed by atoms with Gasteiger partial charge in [-0.15, -0.1) is 0 Å². The summed E-state index contributed by atoms with van der Waals surface area (Å²) in [5, 5.41) is 16.3. The van der Waals surface area contributed by atoms with Gasteiger partial charge in [0.1, 0.15) is 6.10 Å². The molecule has 3 saturated heterocycles. The van der Waals surface area contributed by atoms with Crippen molar-refractivity contribution in [1.82, 2.24) is 20.4 Å². The van der Waals surface area contributed by atoms with Crippen LogP contribution in [0.4, 0.5) is 4.79 Å². The fraction of sp³-hybridized carbons (Fsp3) is 0.867. The highest BCUT2D eigenvalue weighted by atomic mass is 16.7. The molecule has 136 valence electrons. The van der Waals surface area contributed by atoms with Gasteiger partial charge in [-0.3, -0.25) is 9.69 Å². The molecule has 3 fully saturated rings. The van der Waals surface area contributed by atoms with Crippen LogP contribution in [0.3, 0.4) is 0 Å². The van der Waals surface area contributed by atoms with Crippen LogP contribution in [0, 0.1) is 0 Å². The summed E-state index contributed by atoms with van der Waals surface area (Å²) < 4.78 is 11.5. The number of aliphatic hydroxyl groups is 1. The van der Waals surface area contributed by atoms with Crippen molar-refractivity contribution in [2.75, 3.05) is 39.3 Å². The van der Waals surface area contributed by atoms with E-state index in [9.17, 15) is 14.7 Å². The second-order valence-corrected chi connectivity index (χ2v) is 6.43. The molecule has 3 amide bonds. The van der Waals surface area contributed by atoms with Crippen molar-refractivity contribution in [3.05, 3.63) is 0 Å². The number of amides is 3. The van der Waals surface area contributed by atoms with E-state index in [4.69, 9.17) is 9.47 Å². The molecule has 0 aliphatic carbocycles. The van der Waals surface area contributed by atoms with Gasteiger partial charge in [0, 0.05) is 39.6 Å². The van der Waals surface area contributed by atoms with Gasteiger partial charge in [0.15, 0.2) is 6.29 Å². The maximum Gasteiger partial charge on any atom is 0.315 e. The number of hydrogen-bond acceptors (Lipinski definition) is 6. The van der Waals surface area contributed by atoms with E-state index in [0.717, 1.165) is 0 Å². The average molecular weight is 342 g/mol. The molecule has 3 heterocycles. The van der Waals surface area contributed by atoms with Gasteiger partial charge in [-0.1, -0.05) is 0 Å². The van der Waals surface area contributed by atoms with Crippen molar-refractivity contribution in [2.45, 2.75) is 44.4 Å². The first-order valence-electron chi connectivity index (χ1n) is 8.50. The fourth-order valence-electron chi connectivity index (χ4n) is 3.67. The summed E-state index contributed by atoms with van der Waals surface area (Å²) in [7, 11) is 0. The Balaban J connectivity index is 1.67. The summed E-state index contributed by atoms with van der Waals surface area (Å²) >= 11 is 0. The van der Waals surface area contributed by atoms with Crippen LogP contribution in [0.2, 0.25) is 0 Å². The Morgan fingerprint density at radius 1 is 1.25 bits per heavy atom. The molecule has 3 N–H and O–H groups in total. The fourth-order valence-corrected chi connectivity index (χ4v) is 3.67. The topological polar surface area (TPSA) is 103 Å². The normalized spacial score (nSPS) is 36.5. The second kappa shape index (κ2) is 7.22. The average Bonchev–Trinajstić information content (AvgIpc) is 2.98. The minimum Gasteiger partial charge on any atom is -0.389 e. The number of nitrogens with one attached hydrogen (secondary N) is 2. The van der Waals surface area contributed by atoms with E-state index in [-0.39, 0.29) is 24.1 Å². The number of urea groups is 1. The van der Waals surface area contributed by atoms with Crippen LogP contribution in [0.5, 0.6) is 0 Å². The number of rotatable bonds is 3. The lowest BCUT2D eigenvalue weighted by Crippen LogP contribution is -2.67. The summed E-state index contributed by atoms with van der Waals surface area (Å²) in [6.45, 7) is 6.77. The van der Waals surface area contributed by atoms with Crippen molar-refractivity contribution < 1.29 is 24.2 Å². The molecule has 9 heteroatoms. The van der Waals surface area contributed by atoms with Gasteiger partial charge in [0.25, 0.3) is 0 Å². The molecule has 0 saturated carbocycles. The summed E-state index contributed by atoms with van der Waals surface area (Å²) in [5.41, 5.74) is 0. The van der Waals surface area contributed by atoms with Gasteiger partial charge in [-0.05, 0) is 6.92 Å². The number of piperazine rings is 1. The molecule has 9 nitrogen and oxygen atoms in total. The van der Waals surface area contributed by atoms with Gasteiger partial charge in [0.2, 0.25) is 5.91 Å². The van der Waals surface area contributed by atoms with Gasteiger partial charge < -0.3 is 30.1 Å². The quantitative estimate of drug-likeness (QED) is 0.566. The Morgan fingerprint density at radius 2 is 1.96 bits per heavy atom. The Labute approximate surface area is 141 Å². The summed E-state index contributed by atoms with van der Waals surface area (Å²) in [5.74, 6) is 0.0584. The lowest BCUT2D eigenvalue weighted by molar-refractivity contribution is -0.185. The first-order valence-corrected chi connectivity index (χ1v) is 8.50. The zero-order chi connectivity index (χ0) is 17.3. The molecule has 5 atom stereocenters. The largest absolute Gasteiger partial charge is 0.389 e. The van der Waals surface area contributed by atoms with E-state index in [1.54, 1.807) is 11.8 Å². The predicted octanol–water partition coefficient (Wildman–Crippen LogP) is -1.68. The van der Waals surface area contributed by atoms with Crippen molar-refractivity contribution in [3.63, 3.8) is 0 Å². The van der Waals surface area contributed by atoms with E-state index in [1.165, 1.54) is 0 Å². The molecule has 2 bridgehead atoms. The Hall–Kier alpha value is -1.42. The lowest BCUT2D eigenvalue weighted by atomic mass is 9.94. The number of carbonyl (C=O) groups is 2. The zero-order valence-corrected chi connectivity index (χ0v) is 14.1. The molecule has 3 aliphatic rings. The van der Waals surface area contributed by atoms with Gasteiger partial charge in [0.05, 0.1) is 24.8 Å². The maximum atomic E-state index is 11.8. The minimum absolute atomic E-state index is 0.0584. The number of hydrogen-bond donors (Lipinski definition) is 3.